The van der Waals surface area contributed by atoms with E-state index < -0.39 is 0 Å². The molecule has 2 amide bonds. The predicted octanol–water partition coefficient (Wildman–Crippen LogP) is 4.91. The number of thiophene rings is 1. The van der Waals surface area contributed by atoms with Gasteiger partial charge >= 0.3 is 0 Å². The van der Waals surface area contributed by atoms with E-state index in [0.29, 0.717) is 17.1 Å². The van der Waals surface area contributed by atoms with Gasteiger partial charge in [0.2, 0.25) is 5.91 Å². The molecule has 31 heavy (non-hydrogen) atoms. The van der Waals surface area contributed by atoms with Crippen molar-refractivity contribution in [2.24, 2.45) is 0 Å². The molecule has 3 aromatic rings. The second kappa shape index (κ2) is 9.71. The third-order valence-corrected chi connectivity index (χ3v) is 6.52. The number of hydrogen-bond donors (Lipinski definition) is 2. The second-order valence-electron chi connectivity index (χ2n) is 7.69. The Kier molecular flexibility index (Phi) is 6.57. The molecule has 0 saturated heterocycles. The van der Waals surface area contributed by atoms with E-state index in [0.717, 1.165) is 42.4 Å². The molecule has 1 aliphatic carbocycles. The minimum absolute atomic E-state index is 0.152. The average molecular weight is 432 g/mol. The zero-order chi connectivity index (χ0) is 21.6. The number of nitrogens with one attached hydrogen (secondary N) is 2. The Hall–Kier alpha value is -3.25. The van der Waals surface area contributed by atoms with E-state index in [2.05, 4.69) is 15.6 Å². The minimum atomic E-state index is -0.236. The van der Waals surface area contributed by atoms with Gasteiger partial charge in [0.15, 0.2) is 0 Å². The molecule has 158 valence electrons. The number of hydrogen-bond acceptors (Lipinski definition) is 4. The zero-order valence-electron chi connectivity index (χ0n) is 17.5. The number of carbonyl (C=O) groups is 2. The Morgan fingerprint density at radius 1 is 1.13 bits per heavy atom. The maximum Gasteiger partial charge on any atom is 0.254 e. The maximum atomic E-state index is 13.1. The summed E-state index contributed by atoms with van der Waals surface area (Å²) >= 11 is 1.52. The molecular weight excluding hydrogens is 406 g/mol. The van der Waals surface area contributed by atoms with Crippen LogP contribution in [0.15, 0.2) is 54.9 Å². The normalized spacial score (nSPS) is 13.1. The summed E-state index contributed by atoms with van der Waals surface area (Å²) in [5, 5.41) is 6.57. The van der Waals surface area contributed by atoms with Gasteiger partial charge in [-0.05, 0) is 61.4 Å². The average Bonchev–Trinajstić information content (AvgIpc) is 3.15. The summed E-state index contributed by atoms with van der Waals surface area (Å²) in [6.45, 7) is 2.43. The van der Waals surface area contributed by atoms with E-state index >= 15 is 0 Å². The van der Waals surface area contributed by atoms with Gasteiger partial charge in [0.1, 0.15) is 5.00 Å². The SMILES string of the molecule is Cc1ccc(/C=C/C(=O)Nc2sc3c(c2C(=O)NCc2cccnc2)CCCC3)cc1. The lowest BCUT2D eigenvalue weighted by Crippen LogP contribution is -2.25. The van der Waals surface area contributed by atoms with Crippen molar-refractivity contribution in [1.82, 2.24) is 10.3 Å². The molecule has 0 atom stereocenters. The van der Waals surface area contributed by atoms with Crippen molar-refractivity contribution in [3.8, 4) is 0 Å². The van der Waals surface area contributed by atoms with Gasteiger partial charge in [-0.3, -0.25) is 14.6 Å². The van der Waals surface area contributed by atoms with Gasteiger partial charge in [-0.1, -0.05) is 35.9 Å². The first-order valence-electron chi connectivity index (χ1n) is 10.5. The number of anilines is 1. The van der Waals surface area contributed by atoms with Crippen molar-refractivity contribution in [3.05, 3.63) is 87.6 Å². The highest BCUT2D eigenvalue weighted by molar-refractivity contribution is 7.17. The Balaban J connectivity index is 1.51. The van der Waals surface area contributed by atoms with Crippen LogP contribution in [0.25, 0.3) is 6.08 Å². The Morgan fingerprint density at radius 2 is 1.94 bits per heavy atom. The number of fused-ring (bicyclic) bond motifs is 1. The molecule has 2 aromatic heterocycles. The van der Waals surface area contributed by atoms with Crippen molar-refractivity contribution in [1.29, 1.82) is 0 Å². The van der Waals surface area contributed by atoms with Crippen LogP contribution in [0.3, 0.4) is 0 Å². The molecule has 2 N–H and O–H groups in total. The summed E-state index contributed by atoms with van der Waals surface area (Å²) in [5.74, 6) is -0.387. The number of benzene rings is 1. The third-order valence-electron chi connectivity index (χ3n) is 5.32. The number of carbonyl (C=O) groups excluding carboxylic acids is 2. The summed E-state index contributed by atoms with van der Waals surface area (Å²) in [7, 11) is 0. The lowest BCUT2D eigenvalue weighted by Gasteiger charge is -2.13. The van der Waals surface area contributed by atoms with Crippen LogP contribution in [0.5, 0.6) is 0 Å². The quantitative estimate of drug-likeness (QED) is 0.545. The molecule has 4 rings (SSSR count). The van der Waals surface area contributed by atoms with Crippen LogP contribution in [0, 0.1) is 6.92 Å². The predicted molar refractivity (Wildman–Crippen MR) is 125 cm³/mol. The van der Waals surface area contributed by atoms with Crippen molar-refractivity contribution < 1.29 is 9.59 Å². The van der Waals surface area contributed by atoms with Gasteiger partial charge < -0.3 is 10.6 Å². The first-order valence-corrected chi connectivity index (χ1v) is 11.3. The maximum absolute atomic E-state index is 13.1. The van der Waals surface area contributed by atoms with Crippen LogP contribution in [-0.4, -0.2) is 16.8 Å². The molecule has 5 nitrogen and oxygen atoms in total. The largest absolute Gasteiger partial charge is 0.348 e. The molecule has 0 unspecified atom stereocenters. The number of amides is 2. The number of pyridine rings is 1. The van der Waals surface area contributed by atoms with Crippen LogP contribution in [0.4, 0.5) is 5.00 Å². The van der Waals surface area contributed by atoms with Crippen LogP contribution in [-0.2, 0) is 24.2 Å². The van der Waals surface area contributed by atoms with Crippen LogP contribution >= 0.6 is 11.3 Å². The summed E-state index contributed by atoms with van der Waals surface area (Å²) in [6, 6.07) is 11.7. The lowest BCUT2D eigenvalue weighted by molar-refractivity contribution is -0.111. The molecule has 0 aliphatic heterocycles. The van der Waals surface area contributed by atoms with Crippen molar-refractivity contribution >= 4 is 34.2 Å². The summed E-state index contributed by atoms with van der Waals surface area (Å²) in [5.41, 5.74) is 4.76. The van der Waals surface area contributed by atoms with E-state index in [4.69, 9.17) is 0 Å². The van der Waals surface area contributed by atoms with E-state index in [1.807, 2.05) is 43.3 Å². The molecule has 0 radical (unpaired) electrons. The highest BCUT2D eigenvalue weighted by Gasteiger charge is 2.26. The van der Waals surface area contributed by atoms with Gasteiger partial charge in [-0.25, -0.2) is 0 Å². The number of aromatic nitrogens is 1. The number of rotatable bonds is 6. The molecule has 0 saturated carbocycles. The number of nitrogens with zero attached hydrogens (tertiary/aromatic N) is 1. The summed E-state index contributed by atoms with van der Waals surface area (Å²) in [4.78, 5) is 31.0. The molecule has 6 heteroatoms. The van der Waals surface area contributed by atoms with Crippen molar-refractivity contribution in [2.45, 2.75) is 39.2 Å². The van der Waals surface area contributed by atoms with Crippen LogP contribution in [0.1, 0.15) is 50.3 Å². The van der Waals surface area contributed by atoms with Gasteiger partial charge in [0.25, 0.3) is 5.91 Å². The molecule has 0 spiro atoms. The molecule has 2 heterocycles. The number of aryl methyl sites for hydroxylation is 2. The molecule has 0 bridgehead atoms. The molecule has 1 aromatic carbocycles. The van der Waals surface area contributed by atoms with Crippen molar-refractivity contribution in [3.63, 3.8) is 0 Å². The van der Waals surface area contributed by atoms with E-state index in [-0.39, 0.29) is 11.8 Å². The van der Waals surface area contributed by atoms with E-state index in [9.17, 15) is 9.59 Å². The summed E-state index contributed by atoms with van der Waals surface area (Å²) < 4.78 is 0. The highest BCUT2D eigenvalue weighted by Crippen LogP contribution is 2.38. The Labute approximate surface area is 186 Å². The Morgan fingerprint density at radius 3 is 2.71 bits per heavy atom. The molecule has 0 fully saturated rings. The fourth-order valence-electron chi connectivity index (χ4n) is 3.67. The van der Waals surface area contributed by atoms with Crippen LogP contribution in [0.2, 0.25) is 0 Å². The topological polar surface area (TPSA) is 71.1 Å². The van der Waals surface area contributed by atoms with Gasteiger partial charge in [0.05, 0.1) is 5.56 Å². The monoisotopic (exact) mass is 431 g/mol. The van der Waals surface area contributed by atoms with E-state index in [1.54, 1.807) is 18.5 Å². The first kappa shape index (κ1) is 21.0. The van der Waals surface area contributed by atoms with E-state index in [1.165, 1.54) is 27.9 Å². The second-order valence-corrected chi connectivity index (χ2v) is 8.80. The standard InChI is InChI=1S/C25H25N3O2S/c1-17-8-10-18(11-9-17)12-13-22(29)28-25-23(20-6-2-3-7-21(20)31-25)24(30)27-16-19-5-4-14-26-15-19/h4-5,8-15H,2-3,6-7,16H2,1H3,(H,27,30)(H,28,29)/b13-12+. The third kappa shape index (κ3) is 5.27. The van der Waals surface area contributed by atoms with Gasteiger partial charge in [-0.2, -0.15) is 0 Å². The first-order chi connectivity index (χ1) is 15.1. The zero-order valence-corrected chi connectivity index (χ0v) is 18.3. The molecule has 1 aliphatic rings. The highest BCUT2D eigenvalue weighted by atomic mass is 32.1. The minimum Gasteiger partial charge on any atom is -0.348 e. The fraction of sp³-hybridized carbons (Fsp3) is 0.240. The fourth-order valence-corrected chi connectivity index (χ4v) is 4.96. The van der Waals surface area contributed by atoms with Gasteiger partial charge in [-0.15, -0.1) is 11.3 Å². The molecular formula is C25H25N3O2S. The van der Waals surface area contributed by atoms with Crippen LogP contribution < -0.4 is 10.6 Å². The van der Waals surface area contributed by atoms with Gasteiger partial charge in [0, 0.05) is 29.9 Å². The Bertz CT molecular complexity index is 1100. The smallest absolute Gasteiger partial charge is 0.254 e. The van der Waals surface area contributed by atoms with Crippen molar-refractivity contribution in [2.75, 3.05) is 5.32 Å². The summed E-state index contributed by atoms with van der Waals surface area (Å²) in [6.07, 6.45) is 10.7. The lowest BCUT2D eigenvalue weighted by atomic mass is 9.95.